The van der Waals surface area contributed by atoms with Crippen LogP contribution < -0.4 is 0 Å². The van der Waals surface area contributed by atoms with E-state index in [-0.39, 0.29) is 17.0 Å². The summed E-state index contributed by atoms with van der Waals surface area (Å²) < 4.78 is 71.3. The van der Waals surface area contributed by atoms with E-state index >= 15 is 0 Å². The first kappa shape index (κ1) is 28.1. The highest BCUT2D eigenvalue weighted by Crippen LogP contribution is 2.32. The summed E-state index contributed by atoms with van der Waals surface area (Å²) in [5, 5.41) is 0. The van der Waals surface area contributed by atoms with Crippen LogP contribution in [-0.2, 0) is 20.9 Å². The van der Waals surface area contributed by atoms with E-state index in [0.717, 1.165) is 69.6 Å². The van der Waals surface area contributed by atoms with Gasteiger partial charge in [-0.3, -0.25) is 0 Å². The molecular weight excluding hydrogens is 453 g/mol. The highest BCUT2D eigenvalue weighted by atomic mass is 32.2. The second kappa shape index (κ2) is 13.1. The Labute approximate surface area is 197 Å². The molecule has 0 bridgehead atoms. The number of hydrogen-bond donors (Lipinski definition) is 0. The molecule has 0 aliphatic heterocycles. The molecule has 0 aromatic heterocycles. The third-order valence-electron chi connectivity index (χ3n) is 6.41. The zero-order chi connectivity index (χ0) is 24.5. The molecule has 0 saturated heterocycles. The fraction of sp³-hybridized carbons (Fsp3) is 0.750. The van der Waals surface area contributed by atoms with Crippen molar-refractivity contribution in [2.24, 2.45) is 0 Å². The van der Waals surface area contributed by atoms with Crippen LogP contribution in [0.15, 0.2) is 29.2 Å². The molecule has 0 amide bonds. The van der Waals surface area contributed by atoms with Crippen LogP contribution in [0.3, 0.4) is 0 Å². The van der Waals surface area contributed by atoms with Crippen molar-refractivity contribution in [2.45, 2.75) is 87.9 Å². The fourth-order valence-corrected chi connectivity index (χ4v) is 5.75. The van der Waals surface area contributed by atoms with E-state index in [1.807, 2.05) is 0 Å². The lowest BCUT2D eigenvalue weighted by Crippen LogP contribution is -2.40. The number of halogens is 3. The van der Waals surface area contributed by atoms with Gasteiger partial charge in [0.05, 0.1) is 16.6 Å². The molecule has 1 aromatic carbocycles. The van der Waals surface area contributed by atoms with E-state index in [1.165, 1.54) is 30.6 Å². The lowest BCUT2D eigenvalue weighted by atomic mass is 9.93. The van der Waals surface area contributed by atoms with E-state index in [0.29, 0.717) is 12.8 Å². The minimum absolute atomic E-state index is 0.114. The molecule has 5 nitrogen and oxygen atoms in total. The second-order valence-corrected chi connectivity index (χ2v) is 11.1. The molecule has 9 heteroatoms. The lowest BCUT2D eigenvalue weighted by molar-refractivity contribution is -0.137. The Morgan fingerprint density at radius 3 is 2.12 bits per heavy atom. The highest BCUT2D eigenvalue weighted by Gasteiger charge is 2.34. The van der Waals surface area contributed by atoms with Gasteiger partial charge in [-0.25, -0.2) is 8.42 Å². The highest BCUT2D eigenvalue weighted by molar-refractivity contribution is 7.89. The van der Waals surface area contributed by atoms with Crippen molar-refractivity contribution < 1.29 is 26.3 Å². The Bertz CT molecular complexity index is 792. The Kier molecular flexibility index (Phi) is 11.1. The van der Waals surface area contributed by atoms with Crippen LogP contribution in [0.2, 0.25) is 0 Å². The summed E-state index contributed by atoms with van der Waals surface area (Å²) in [5.41, 5.74) is -0.856. The quantitative estimate of drug-likeness (QED) is 0.339. The van der Waals surface area contributed by atoms with E-state index in [2.05, 4.69) is 18.9 Å². The molecule has 1 aliphatic rings. The van der Waals surface area contributed by atoms with E-state index in [1.54, 1.807) is 0 Å². The molecule has 1 saturated carbocycles. The van der Waals surface area contributed by atoms with E-state index in [9.17, 15) is 21.6 Å². The van der Waals surface area contributed by atoms with Gasteiger partial charge in [-0.05, 0) is 89.3 Å². The van der Waals surface area contributed by atoms with Gasteiger partial charge in [-0.1, -0.05) is 19.8 Å². The molecule has 190 valence electrons. The number of alkyl halides is 3. The van der Waals surface area contributed by atoms with Crippen molar-refractivity contribution in [2.75, 3.05) is 33.8 Å². The predicted octanol–water partition coefficient (Wildman–Crippen LogP) is 5.56. The summed E-state index contributed by atoms with van der Waals surface area (Å²) in [6.45, 7) is 5.21. The van der Waals surface area contributed by atoms with Gasteiger partial charge in [0.2, 0.25) is 10.0 Å². The molecule has 1 aromatic rings. The van der Waals surface area contributed by atoms with Crippen molar-refractivity contribution in [1.82, 2.24) is 9.21 Å². The summed E-state index contributed by atoms with van der Waals surface area (Å²) in [6, 6.07) is 3.53. The molecule has 2 rings (SSSR count). The number of ether oxygens (including phenoxy) is 1. The molecule has 1 aliphatic carbocycles. The van der Waals surface area contributed by atoms with Gasteiger partial charge < -0.3 is 9.64 Å². The molecule has 0 spiro atoms. The summed E-state index contributed by atoms with van der Waals surface area (Å²) in [4.78, 5) is 2.25. The maximum absolute atomic E-state index is 12.9. The second-order valence-electron chi connectivity index (χ2n) is 9.06. The topological polar surface area (TPSA) is 49.9 Å². The van der Waals surface area contributed by atoms with Crippen molar-refractivity contribution in [3.63, 3.8) is 0 Å². The normalized spacial score (nSPS) is 20.0. The SMILES string of the molecule is CCCN(C)CCCCCCOC1CCC(N(C)S(=O)(=O)c2ccc(C(F)(F)F)cc2)CC1. The molecule has 0 radical (unpaired) electrons. The standard InChI is InChI=1S/C24H39F3N2O3S/c1-4-17-28(2)18-7-5-6-8-19-32-22-13-11-21(12-14-22)29(3)33(30,31)23-15-9-20(10-16-23)24(25,26)27/h9-10,15-16,21-22H,4-8,11-14,17-19H2,1-3H3. The first-order valence-corrected chi connectivity index (χ1v) is 13.4. The third-order valence-corrected chi connectivity index (χ3v) is 8.33. The van der Waals surface area contributed by atoms with Gasteiger partial charge in [0.25, 0.3) is 0 Å². The van der Waals surface area contributed by atoms with Crippen molar-refractivity contribution in [1.29, 1.82) is 0 Å². The van der Waals surface area contributed by atoms with Crippen LogP contribution in [0.25, 0.3) is 0 Å². The summed E-state index contributed by atoms with van der Waals surface area (Å²) in [6.07, 6.45) is 4.41. The molecule has 0 N–H and O–H groups in total. The Hall–Kier alpha value is -1.16. The van der Waals surface area contributed by atoms with Gasteiger partial charge in [0.15, 0.2) is 0 Å². The first-order valence-electron chi connectivity index (χ1n) is 12.0. The number of rotatable bonds is 13. The van der Waals surface area contributed by atoms with Crippen LogP contribution in [0.1, 0.15) is 70.3 Å². The predicted molar refractivity (Wildman–Crippen MR) is 125 cm³/mol. The van der Waals surface area contributed by atoms with Crippen molar-refractivity contribution in [3.05, 3.63) is 29.8 Å². The zero-order valence-corrected chi connectivity index (χ0v) is 20.9. The smallest absolute Gasteiger partial charge is 0.378 e. The molecule has 0 unspecified atom stereocenters. The third kappa shape index (κ3) is 8.85. The molecule has 33 heavy (non-hydrogen) atoms. The summed E-state index contributed by atoms with van der Waals surface area (Å²) >= 11 is 0. The molecule has 1 fully saturated rings. The van der Waals surface area contributed by atoms with Gasteiger partial charge >= 0.3 is 6.18 Å². The number of unbranched alkanes of at least 4 members (excludes halogenated alkanes) is 3. The minimum Gasteiger partial charge on any atom is -0.378 e. The number of sulfonamides is 1. The Morgan fingerprint density at radius 1 is 0.939 bits per heavy atom. The first-order chi connectivity index (χ1) is 15.6. The minimum atomic E-state index is -4.49. The maximum atomic E-state index is 12.9. The molecular formula is C24H39F3N2O3S. The van der Waals surface area contributed by atoms with Gasteiger partial charge in [0, 0.05) is 19.7 Å². The van der Waals surface area contributed by atoms with Crippen LogP contribution in [-0.4, -0.2) is 63.6 Å². The monoisotopic (exact) mass is 492 g/mol. The molecule has 0 heterocycles. The summed E-state index contributed by atoms with van der Waals surface area (Å²) in [5.74, 6) is 0. The van der Waals surface area contributed by atoms with Crippen LogP contribution >= 0.6 is 0 Å². The molecule has 0 atom stereocenters. The maximum Gasteiger partial charge on any atom is 0.416 e. The van der Waals surface area contributed by atoms with E-state index in [4.69, 9.17) is 4.74 Å². The fourth-order valence-electron chi connectivity index (χ4n) is 4.33. The van der Waals surface area contributed by atoms with Crippen molar-refractivity contribution >= 4 is 10.0 Å². The van der Waals surface area contributed by atoms with Gasteiger partial charge in [-0.2, -0.15) is 17.5 Å². The number of benzene rings is 1. The van der Waals surface area contributed by atoms with Gasteiger partial charge in [-0.15, -0.1) is 0 Å². The number of hydrogen-bond acceptors (Lipinski definition) is 4. The zero-order valence-electron chi connectivity index (χ0n) is 20.1. The average Bonchev–Trinajstić information content (AvgIpc) is 2.78. The number of nitrogens with zero attached hydrogens (tertiary/aromatic N) is 2. The Morgan fingerprint density at radius 2 is 1.55 bits per heavy atom. The largest absolute Gasteiger partial charge is 0.416 e. The van der Waals surface area contributed by atoms with Crippen LogP contribution in [0.4, 0.5) is 13.2 Å². The van der Waals surface area contributed by atoms with Crippen molar-refractivity contribution in [3.8, 4) is 0 Å². The average molecular weight is 493 g/mol. The lowest BCUT2D eigenvalue weighted by Gasteiger charge is -2.34. The van der Waals surface area contributed by atoms with E-state index < -0.39 is 21.8 Å². The van der Waals surface area contributed by atoms with Crippen LogP contribution in [0, 0.1) is 0 Å². The van der Waals surface area contributed by atoms with Crippen LogP contribution in [0.5, 0.6) is 0 Å². The Balaban J connectivity index is 1.70. The van der Waals surface area contributed by atoms with Gasteiger partial charge in [0.1, 0.15) is 0 Å². The summed E-state index contributed by atoms with van der Waals surface area (Å²) in [7, 11) is -0.164.